The van der Waals surface area contributed by atoms with Crippen molar-refractivity contribution in [3.8, 4) is 0 Å². The average molecular weight is 502 g/mol. The summed E-state index contributed by atoms with van der Waals surface area (Å²) in [6.45, 7) is 6.32. The second-order valence-corrected chi connectivity index (χ2v) is 8.08. The van der Waals surface area contributed by atoms with Crippen LogP contribution in [0.5, 0.6) is 0 Å². The zero-order valence-electron chi connectivity index (χ0n) is 17.2. The Labute approximate surface area is 185 Å². The lowest BCUT2D eigenvalue weighted by atomic mass is 10.0. The molecule has 7 heteroatoms. The summed E-state index contributed by atoms with van der Waals surface area (Å²) >= 11 is 0. The highest BCUT2D eigenvalue weighted by atomic mass is 127. The van der Waals surface area contributed by atoms with Gasteiger partial charge in [0.2, 0.25) is 5.91 Å². The molecule has 1 aromatic rings. The Morgan fingerprint density at radius 1 is 1.18 bits per heavy atom. The van der Waals surface area contributed by atoms with Gasteiger partial charge in [-0.2, -0.15) is 0 Å². The Morgan fingerprint density at radius 3 is 2.39 bits per heavy atom. The van der Waals surface area contributed by atoms with Gasteiger partial charge >= 0.3 is 0 Å². The van der Waals surface area contributed by atoms with Gasteiger partial charge in [0.1, 0.15) is 5.76 Å². The minimum atomic E-state index is 0. The van der Waals surface area contributed by atoms with Crippen LogP contribution in [0.25, 0.3) is 0 Å². The number of hydrogen-bond donors (Lipinski definition) is 2. The maximum atomic E-state index is 12.2. The molecule has 0 atom stereocenters. The standard InChI is InChI=1S/C21H34N4O2.HI/c1-16(2)20(26)25-13-10-18(11-14-25)24-21(23-17-6-3-4-7-17)22-12-9-19-8-5-15-27-19;/h5,8,15-18H,3-4,6-7,9-14H2,1-2H3,(H2,22,23,24);1H. The van der Waals surface area contributed by atoms with Crippen LogP contribution in [-0.4, -0.2) is 48.5 Å². The number of aliphatic imine (C=N–C) groups is 1. The van der Waals surface area contributed by atoms with Crippen LogP contribution in [0.2, 0.25) is 0 Å². The number of carbonyl (C=O) groups is 1. The zero-order chi connectivity index (χ0) is 19.1. The third-order valence-electron chi connectivity index (χ3n) is 5.55. The number of likely N-dealkylation sites (tertiary alicyclic amines) is 1. The van der Waals surface area contributed by atoms with E-state index in [4.69, 9.17) is 9.41 Å². The summed E-state index contributed by atoms with van der Waals surface area (Å²) in [6, 6.07) is 4.82. The average Bonchev–Trinajstić information content (AvgIpc) is 3.35. The van der Waals surface area contributed by atoms with Crippen molar-refractivity contribution in [3.63, 3.8) is 0 Å². The van der Waals surface area contributed by atoms with Gasteiger partial charge in [0.15, 0.2) is 5.96 Å². The molecule has 158 valence electrons. The summed E-state index contributed by atoms with van der Waals surface area (Å²) < 4.78 is 5.40. The van der Waals surface area contributed by atoms with E-state index in [0.717, 1.165) is 44.1 Å². The van der Waals surface area contributed by atoms with Gasteiger partial charge in [-0.25, -0.2) is 0 Å². The number of halogens is 1. The topological polar surface area (TPSA) is 69.9 Å². The van der Waals surface area contributed by atoms with Crippen molar-refractivity contribution in [3.05, 3.63) is 24.2 Å². The van der Waals surface area contributed by atoms with Gasteiger partial charge in [-0.05, 0) is 37.8 Å². The molecular formula is C21H35IN4O2. The van der Waals surface area contributed by atoms with E-state index in [-0.39, 0.29) is 35.8 Å². The van der Waals surface area contributed by atoms with Crippen LogP contribution in [0.15, 0.2) is 27.8 Å². The fourth-order valence-corrected chi connectivity index (χ4v) is 3.93. The molecule has 0 spiro atoms. The molecule has 0 unspecified atom stereocenters. The Kier molecular flexibility index (Phi) is 9.61. The van der Waals surface area contributed by atoms with Crippen LogP contribution in [0.4, 0.5) is 0 Å². The van der Waals surface area contributed by atoms with E-state index >= 15 is 0 Å². The number of nitrogens with one attached hydrogen (secondary N) is 2. The van der Waals surface area contributed by atoms with Gasteiger partial charge in [0.05, 0.1) is 6.26 Å². The molecule has 1 aliphatic carbocycles. The summed E-state index contributed by atoms with van der Waals surface area (Å²) in [5, 5.41) is 7.25. The van der Waals surface area contributed by atoms with Crippen molar-refractivity contribution in [2.75, 3.05) is 19.6 Å². The molecule has 1 aromatic heterocycles. The molecule has 2 heterocycles. The van der Waals surface area contributed by atoms with Crippen molar-refractivity contribution in [2.45, 2.75) is 70.9 Å². The van der Waals surface area contributed by atoms with Gasteiger partial charge in [-0.3, -0.25) is 9.79 Å². The van der Waals surface area contributed by atoms with Crippen molar-refractivity contribution in [2.24, 2.45) is 10.9 Å². The molecule has 1 amide bonds. The van der Waals surface area contributed by atoms with E-state index < -0.39 is 0 Å². The van der Waals surface area contributed by atoms with Crippen LogP contribution in [0.3, 0.4) is 0 Å². The summed E-state index contributed by atoms with van der Waals surface area (Å²) in [6.07, 6.45) is 9.51. The molecule has 2 fully saturated rings. The first-order valence-electron chi connectivity index (χ1n) is 10.5. The van der Waals surface area contributed by atoms with Crippen molar-refractivity contribution in [1.29, 1.82) is 0 Å². The summed E-state index contributed by atoms with van der Waals surface area (Å²) in [4.78, 5) is 19.0. The Morgan fingerprint density at radius 2 is 1.82 bits per heavy atom. The number of rotatable bonds is 6. The lowest BCUT2D eigenvalue weighted by molar-refractivity contribution is -0.135. The molecule has 3 rings (SSSR count). The Hall–Kier alpha value is -1.25. The smallest absolute Gasteiger partial charge is 0.225 e. The van der Waals surface area contributed by atoms with E-state index in [1.807, 2.05) is 30.9 Å². The molecule has 28 heavy (non-hydrogen) atoms. The molecule has 0 radical (unpaired) electrons. The molecule has 6 nitrogen and oxygen atoms in total. The van der Waals surface area contributed by atoms with Gasteiger partial charge in [0.25, 0.3) is 0 Å². The molecule has 1 aliphatic heterocycles. The molecule has 1 saturated carbocycles. The zero-order valence-corrected chi connectivity index (χ0v) is 19.5. The monoisotopic (exact) mass is 502 g/mol. The summed E-state index contributed by atoms with van der Waals surface area (Å²) in [5.41, 5.74) is 0. The van der Waals surface area contributed by atoms with Crippen LogP contribution in [0.1, 0.15) is 58.1 Å². The van der Waals surface area contributed by atoms with Crippen molar-refractivity contribution < 1.29 is 9.21 Å². The van der Waals surface area contributed by atoms with Crippen LogP contribution in [-0.2, 0) is 11.2 Å². The van der Waals surface area contributed by atoms with E-state index in [1.54, 1.807) is 6.26 Å². The van der Waals surface area contributed by atoms with Gasteiger partial charge in [-0.15, -0.1) is 24.0 Å². The molecule has 1 saturated heterocycles. The van der Waals surface area contributed by atoms with Crippen LogP contribution < -0.4 is 10.6 Å². The van der Waals surface area contributed by atoms with E-state index in [2.05, 4.69) is 10.6 Å². The van der Waals surface area contributed by atoms with Gasteiger partial charge in [-0.1, -0.05) is 26.7 Å². The van der Waals surface area contributed by atoms with Crippen LogP contribution >= 0.6 is 24.0 Å². The number of hydrogen-bond acceptors (Lipinski definition) is 3. The van der Waals surface area contributed by atoms with Crippen LogP contribution in [0, 0.1) is 5.92 Å². The van der Waals surface area contributed by atoms with Gasteiger partial charge in [0, 0.05) is 44.1 Å². The predicted octanol–water partition coefficient (Wildman–Crippen LogP) is 3.56. The maximum absolute atomic E-state index is 12.2. The number of amides is 1. The summed E-state index contributed by atoms with van der Waals surface area (Å²) in [7, 11) is 0. The van der Waals surface area contributed by atoms with E-state index in [1.165, 1.54) is 25.7 Å². The lowest BCUT2D eigenvalue weighted by Gasteiger charge is -2.34. The van der Waals surface area contributed by atoms with E-state index in [0.29, 0.717) is 18.6 Å². The highest BCUT2D eigenvalue weighted by Gasteiger charge is 2.25. The first-order valence-corrected chi connectivity index (χ1v) is 10.5. The Balaban J connectivity index is 0.00000280. The number of furan rings is 1. The Bertz CT molecular complexity index is 604. The minimum Gasteiger partial charge on any atom is -0.469 e. The lowest BCUT2D eigenvalue weighted by Crippen LogP contribution is -2.51. The van der Waals surface area contributed by atoms with E-state index in [9.17, 15) is 4.79 Å². The quantitative estimate of drug-likeness (QED) is 0.355. The third-order valence-corrected chi connectivity index (χ3v) is 5.55. The number of nitrogens with zero attached hydrogens (tertiary/aromatic N) is 2. The highest BCUT2D eigenvalue weighted by molar-refractivity contribution is 14.0. The second kappa shape index (κ2) is 11.7. The van der Waals surface area contributed by atoms with Gasteiger partial charge < -0.3 is 20.0 Å². The fourth-order valence-electron chi connectivity index (χ4n) is 3.93. The molecule has 2 aliphatic rings. The SMILES string of the molecule is CC(C)C(=O)N1CCC(NC(=NCCc2ccco2)NC2CCCC2)CC1.I. The fraction of sp³-hybridized carbons (Fsp3) is 0.714. The normalized spacial score (nSPS) is 19.0. The largest absolute Gasteiger partial charge is 0.469 e. The highest BCUT2D eigenvalue weighted by Crippen LogP contribution is 2.18. The predicted molar refractivity (Wildman–Crippen MR) is 123 cm³/mol. The first kappa shape index (κ1) is 23.0. The number of guanidine groups is 1. The second-order valence-electron chi connectivity index (χ2n) is 8.08. The molecule has 0 bridgehead atoms. The minimum absolute atomic E-state index is 0. The number of carbonyl (C=O) groups excluding carboxylic acids is 1. The third kappa shape index (κ3) is 6.97. The van der Waals surface area contributed by atoms with Crippen molar-refractivity contribution in [1.82, 2.24) is 15.5 Å². The molecule has 0 aromatic carbocycles. The number of piperidine rings is 1. The van der Waals surface area contributed by atoms with Crippen molar-refractivity contribution >= 4 is 35.8 Å². The first-order chi connectivity index (χ1) is 13.1. The maximum Gasteiger partial charge on any atom is 0.225 e. The molecule has 2 N–H and O–H groups in total. The summed E-state index contributed by atoms with van der Waals surface area (Å²) in [5.74, 6) is 2.24. The molecular weight excluding hydrogens is 467 g/mol.